The molecule has 0 saturated heterocycles. The molecule has 1 atom stereocenters. The predicted octanol–water partition coefficient (Wildman–Crippen LogP) is 4.21. The van der Waals surface area contributed by atoms with Crippen molar-refractivity contribution in [3.8, 4) is 11.5 Å². The van der Waals surface area contributed by atoms with Crippen molar-refractivity contribution in [2.75, 3.05) is 0 Å². The van der Waals surface area contributed by atoms with Crippen LogP contribution in [0.25, 0.3) is 17.0 Å². The van der Waals surface area contributed by atoms with Gasteiger partial charge in [-0.15, -0.1) is 0 Å². The van der Waals surface area contributed by atoms with Crippen molar-refractivity contribution in [1.29, 1.82) is 0 Å². The third kappa shape index (κ3) is 2.37. The molecule has 1 unspecified atom stereocenters. The number of ketones is 1. The molecule has 27 heavy (non-hydrogen) atoms. The van der Waals surface area contributed by atoms with Crippen LogP contribution in [0.15, 0.2) is 15.3 Å². The summed E-state index contributed by atoms with van der Waals surface area (Å²) in [4.78, 5) is 25.6. The summed E-state index contributed by atoms with van der Waals surface area (Å²) in [6, 6.07) is 0. The molecule has 0 N–H and O–H groups in total. The molecule has 5 rings (SSSR count). The van der Waals surface area contributed by atoms with Gasteiger partial charge in [0.15, 0.2) is 11.4 Å². The highest BCUT2D eigenvalue weighted by Crippen LogP contribution is 2.49. The Balaban J connectivity index is 1.97. The van der Waals surface area contributed by atoms with Gasteiger partial charge in [0.25, 0.3) is 0 Å². The van der Waals surface area contributed by atoms with Crippen LogP contribution in [0, 0.1) is 0 Å². The van der Waals surface area contributed by atoms with E-state index in [1.165, 1.54) is 0 Å². The van der Waals surface area contributed by atoms with Gasteiger partial charge in [-0.3, -0.25) is 4.79 Å². The number of carbonyl (C=O) groups excluding carboxylic acids is 1. The summed E-state index contributed by atoms with van der Waals surface area (Å²) < 4.78 is 18.1. The molecule has 0 fully saturated rings. The van der Waals surface area contributed by atoms with Crippen molar-refractivity contribution in [1.82, 2.24) is 0 Å². The number of carbonyl (C=O) groups is 1. The number of hydrogen-bond donors (Lipinski definition) is 0. The van der Waals surface area contributed by atoms with Crippen molar-refractivity contribution in [2.45, 2.75) is 64.6 Å². The van der Waals surface area contributed by atoms with E-state index < -0.39 is 5.60 Å². The third-order valence-corrected chi connectivity index (χ3v) is 5.70. The minimum absolute atomic E-state index is 0.0475. The van der Waals surface area contributed by atoms with Crippen molar-refractivity contribution < 1.29 is 18.7 Å². The van der Waals surface area contributed by atoms with Gasteiger partial charge in [-0.2, -0.15) is 0 Å². The van der Waals surface area contributed by atoms with Crippen molar-refractivity contribution >= 4 is 22.8 Å². The van der Waals surface area contributed by atoms with E-state index in [1.54, 1.807) is 0 Å². The number of Topliss-reactive ketones (excluding diaryl/α,β-unsaturated/α-hetero) is 1. The number of hydrogen-bond acceptors (Lipinski definition) is 5. The van der Waals surface area contributed by atoms with Gasteiger partial charge in [-0.05, 0) is 64.2 Å². The smallest absolute Gasteiger partial charge is 0.339 e. The Kier molecular flexibility index (Phi) is 3.37. The van der Waals surface area contributed by atoms with Gasteiger partial charge < -0.3 is 13.9 Å². The van der Waals surface area contributed by atoms with Gasteiger partial charge in [0.1, 0.15) is 28.8 Å². The molecule has 0 radical (unpaired) electrons. The van der Waals surface area contributed by atoms with Crippen LogP contribution in [0.4, 0.5) is 0 Å². The molecule has 140 valence electrons. The van der Waals surface area contributed by atoms with Gasteiger partial charge >= 0.3 is 5.63 Å². The monoisotopic (exact) mass is 366 g/mol. The van der Waals surface area contributed by atoms with E-state index >= 15 is 0 Å². The molecule has 3 heterocycles. The van der Waals surface area contributed by atoms with Crippen molar-refractivity contribution in [2.24, 2.45) is 0 Å². The third-order valence-electron chi connectivity index (χ3n) is 5.70. The molecule has 2 aromatic rings. The second-order valence-electron chi connectivity index (χ2n) is 8.30. The standard InChI is InChI=1S/C22H22O5/c1-11-10-15(23)17-18(25-11)14-8-9-22(2,3)27-19(14)16-12-6-4-5-7-13(12)21(24)26-20(16)17/h8-9,11H,4-7,10H2,1-3H3. The zero-order valence-corrected chi connectivity index (χ0v) is 15.8. The number of aryl methyl sites for hydroxylation is 1. The lowest BCUT2D eigenvalue weighted by molar-refractivity contribution is 0.0869. The topological polar surface area (TPSA) is 65.7 Å². The van der Waals surface area contributed by atoms with Gasteiger partial charge in [-0.25, -0.2) is 4.79 Å². The largest absolute Gasteiger partial charge is 0.489 e. The van der Waals surface area contributed by atoms with Crippen molar-refractivity contribution in [3.05, 3.63) is 38.7 Å². The quantitative estimate of drug-likeness (QED) is 0.654. The predicted molar refractivity (Wildman–Crippen MR) is 102 cm³/mol. The first-order valence-corrected chi connectivity index (χ1v) is 9.62. The number of benzene rings is 1. The maximum Gasteiger partial charge on any atom is 0.339 e. The van der Waals surface area contributed by atoms with Gasteiger partial charge in [0.2, 0.25) is 0 Å². The van der Waals surface area contributed by atoms with E-state index in [4.69, 9.17) is 13.9 Å². The Hall–Kier alpha value is -2.56. The highest BCUT2D eigenvalue weighted by atomic mass is 16.5. The van der Waals surface area contributed by atoms with Crippen LogP contribution in [0.2, 0.25) is 0 Å². The summed E-state index contributed by atoms with van der Waals surface area (Å²) in [5, 5.41) is 0.780. The van der Waals surface area contributed by atoms with Gasteiger partial charge in [0, 0.05) is 12.0 Å². The highest BCUT2D eigenvalue weighted by Gasteiger charge is 2.37. The Morgan fingerprint density at radius 3 is 2.59 bits per heavy atom. The molecular weight excluding hydrogens is 344 g/mol. The normalized spacial score (nSPS) is 22.5. The molecule has 1 aliphatic carbocycles. The minimum Gasteiger partial charge on any atom is -0.489 e. The molecule has 2 aliphatic heterocycles. The molecule has 1 aromatic carbocycles. The summed E-state index contributed by atoms with van der Waals surface area (Å²) in [6.07, 6.45) is 7.49. The first-order chi connectivity index (χ1) is 12.9. The Morgan fingerprint density at radius 2 is 1.81 bits per heavy atom. The Labute approximate surface area is 157 Å². The van der Waals surface area contributed by atoms with E-state index in [1.807, 2.05) is 32.9 Å². The number of ether oxygens (including phenoxy) is 2. The van der Waals surface area contributed by atoms with Crippen LogP contribution in [0.3, 0.4) is 0 Å². The fourth-order valence-corrected chi connectivity index (χ4v) is 4.46. The van der Waals surface area contributed by atoms with E-state index in [0.717, 1.165) is 41.3 Å². The highest BCUT2D eigenvalue weighted by molar-refractivity contribution is 6.13. The van der Waals surface area contributed by atoms with Crippen molar-refractivity contribution in [3.63, 3.8) is 0 Å². The fourth-order valence-electron chi connectivity index (χ4n) is 4.46. The Morgan fingerprint density at radius 1 is 1.07 bits per heavy atom. The summed E-state index contributed by atoms with van der Waals surface area (Å²) in [5.41, 5.74) is 2.37. The molecule has 3 aliphatic rings. The molecule has 0 bridgehead atoms. The fraction of sp³-hybridized carbons (Fsp3) is 0.455. The van der Waals surface area contributed by atoms with E-state index in [9.17, 15) is 9.59 Å². The van der Waals surface area contributed by atoms with E-state index in [2.05, 4.69) is 0 Å². The first-order valence-electron chi connectivity index (χ1n) is 9.62. The summed E-state index contributed by atoms with van der Waals surface area (Å²) in [5.74, 6) is 1.10. The Bertz CT molecular complexity index is 1090. The van der Waals surface area contributed by atoms with Crippen LogP contribution >= 0.6 is 0 Å². The molecule has 0 spiro atoms. The molecule has 0 saturated carbocycles. The molecule has 1 aromatic heterocycles. The van der Waals surface area contributed by atoms with Gasteiger partial charge in [0.05, 0.1) is 10.9 Å². The second-order valence-corrected chi connectivity index (χ2v) is 8.30. The van der Waals surface area contributed by atoms with Crippen LogP contribution in [0.5, 0.6) is 11.5 Å². The lowest BCUT2D eigenvalue weighted by atomic mass is 9.86. The maximum absolute atomic E-state index is 12.9. The minimum atomic E-state index is -0.490. The summed E-state index contributed by atoms with van der Waals surface area (Å²) in [7, 11) is 0. The first kappa shape index (κ1) is 16.6. The summed E-state index contributed by atoms with van der Waals surface area (Å²) in [6.45, 7) is 5.84. The van der Waals surface area contributed by atoms with E-state index in [-0.39, 0.29) is 23.9 Å². The molecular formula is C22H22O5. The lowest BCUT2D eigenvalue weighted by Crippen LogP contribution is -2.31. The maximum atomic E-state index is 12.9. The van der Waals surface area contributed by atoms with Crippen LogP contribution in [-0.2, 0) is 12.8 Å². The van der Waals surface area contributed by atoms with E-state index in [0.29, 0.717) is 29.1 Å². The SMILES string of the molecule is CC1CC(=O)c2c(c3c(c4c5c(c(=O)oc24)CCCC5)OC(C)(C)C=C3)O1. The zero-order chi connectivity index (χ0) is 18.9. The van der Waals surface area contributed by atoms with Crippen LogP contribution in [0.1, 0.15) is 67.1 Å². The lowest BCUT2D eigenvalue weighted by Gasteiger charge is -2.33. The van der Waals surface area contributed by atoms with Gasteiger partial charge in [-0.1, -0.05) is 0 Å². The van der Waals surface area contributed by atoms with Crippen LogP contribution < -0.4 is 15.1 Å². The molecule has 5 heteroatoms. The zero-order valence-electron chi connectivity index (χ0n) is 15.8. The average Bonchev–Trinajstić information content (AvgIpc) is 2.60. The number of rotatable bonds is 0. The number of fused-ring (bicyclic) bond motifs is 8. The summed E-state index contributed by atoms with van der Waals surface area (Å²) >= 11 is 0. The second kappa shape index (κ2) is 5.47. The van der Waals surface area contributed by atoms with Crippen LogP contribution in [-0.4, -0.2) is 17.5 Å². The average molecular weight is 366 g/mol. The molecule has 0 amide bonds. The molecule has 5 nitrogen and oxygen atoms in total.